The topological polar surface area (TPSA) is 8.17 Å². The molecule has 0 bridgehead atoms. The van der Waals surface area contributed by atoms with Gasteiger partial charge in [0.1, 0.15) is 0 Å². The summed E-state index contributed by atoms with van der Waals surface area (Å²) in [7, 11) is 0. The summed E-state index contributed by atoms with van der Waals surface area (Å²) >= 11 is 1.88. The Hall–Kier alpha value is -5.90. The minimum atomic E-state index is 1.13. The van der Waals surface area contributed by atoms with Crippen molar-refractivity contribution in [2.24, 2.45) is 0 Å². The van der Waals surface area contributed by atoms with Gasteiger partial charge in [-0.3, -0.25) is 0 Å². The number of aromatic nitrogens is 1. The summed E-state index contributed by atoms with van der Waals surface area (Å²) in [4.78, 5) is 2.40. The summed E-state index contributed by atoms with van der Waals surface area (Å²) in [6.45, 7) is 4.41. The van der Waals surface area contributed by atoms with Crippen LogP contribution in [0.5, 0.6) is 0 Å². The molecule has 0 aliphatic rings. The van der Waals surface area contributed by atoms with Gasteiger partial charge in [-0.05, 0) is 95.8 Å². The largest absolute Gasteiger partial charge is 0.310 e. The van der Waals surface area contributed by atoms with Crippen molar-refractivity contribution in [1.82, 2.24) is 4.57 Å². The van der Waals surface area contributed by atoms with Gasteiger partial charge in [-0.2, -0.15) is 0 Å². The number of rotatable bonds is 6. The lowest BCUT2D eigenvalue weighted by atomic mass is 10.0. The van der Waals surface area contributed by atoms with Gasteiger partial charge in [0.2, 0.25) is 0 Å². The Morgan fingerprint density at radius 2 is 1.06 bits per heavy atom. The standard InChI is InChI=1S/C46H34N2S/c1-31-12-10-13-32(2)44(31)47(37-26-22-34(23-27-37)33-14-4-3-5-15-33)39-17-11-16-36(30-39)35-24-28-38(29-25-35)48-42-20-8-6-18-40(42)46-45(48)41-19-7-9-21-43(41)49-46/h3-30H,1-2H3. The maximum atomic E-state index is 2.44. The Bertz CT molecular complexity index is 2580. The molecule has 0 N–H and O–H groups in total. The van der Waals surface area contributed by atoms with Crippen LogP contribution in [0.4, 0.5) is 17.1 Å². The molecule has 0 spiro atoms. The molecule has 0 aliphatic heterocycles. The fourth-order valence-electron chi connectivity index (χ4n) is 7.31. The van der Waals surface area contributed by atoms with Crippen LogP contribution in [0.15, 0.2) is 170 Å². The molecule has 2 nitrogen and oxygen atoms in total. The summed E-state index contributed by atoms with van der Waals surface area (Å²) in [5.41, 5.74) is 14.5. The van der Waals surface area contributed by atoms with Gasteiger partial charge in [0.25, 0.3) is 0 Å². The Morgan fingerprint density at radius 1 is 0.469 bits per heavy atom. The van der Waals surface area contributed by atoms with Crippen LogP contribution in [-0.4, -0.2) is 4.57 Å². The SMILES string of the molecule is Cc1cccc(C)c1N(c1ccc(-c2ccccc2)cc1)c1cccc(-c2ccc(-n3c4ccccc4c4sc5ccccc5c43)cc2)c1. The summed E-state index contributed by atoms with van der Waals surface area (Å²) < 4.78 is 5.10. The molecule has 2 aromatic heterocycles. The summed E-state index contributed by atoms with van der Waals surface area (Å²) in [5, 5.41) is 2.61. The molecule has 0 radical (unpaired) electrons. The summed E-state index contributed by atoms with van der Waals surface area (Å²) in [6.07, 6.45) is 0. The number of para-hydroxylation sites is 2. The summed E-state index contributed by atoms with van der Waals surface area (Å²) in [6, 6.07) is 61.6. The number of anilines is 3. The number of thiophene rings is 1. The zero-order valence-corrected chi connectivity index (χ0v) is 28.3. The zero-order chi connectivity index (χ0) is 32.9. The van der Waals surface area contributed by atoms with E-state index in [1.54, 1.807) is 0 Å². The third-order valence-electron chi connectivity index (χ3n) is 9.64. The Labute approximate surface area is 290 Å². The van der Waals surface area contributed by atoms with Crippen molar-refractivity contribution in [2.45, 2.75) is 13.8 Å². The molecule has 2 heterocycles. The van der Waals surface area contributed by atoms with E-state index in [1.165, 1.54) is 76.0 Å². The quantitative estimate of drug-likeness (QED) is 0.174. The Kier molecular flexibility index (Phi) is 7.14. The summed E-state index contributed by atoms with van der Waals surface area (Å²) in [5.74, 6) is 0. The van der Waals surface area contributed by atoms with Gasteiger partial charge in [0.05, 0.1) is 21.4 Å². The molecule has 3 heteroatoms. The number of hydrogen-bond acceptors (Lipinski definition) is 2. The highest BCUT2D eigenvalue weighted by molar-refractivity contribution is 7.26. The predicted molar refractivity (Wildman–Crippen MR) is 211 cm³/mol. The highest BCUT2D eigenvalue weighted by atomic mass is 32.1. The Morgan fingerprint density at radius 3 is 1.84 bits per heavy atom. The van der Waals surface area contributed by atoms with E-state index in [9.17, 15) is 0 Å². The molecular formula is C46H34N2S. The minimum absolute atomic E-state index is 1.13. The highest BCUT2D eigenvalue weighted by Crippen LogP contribution is 2.43. The van der Waals surface area contributed by atoms with E-state index in [0.29, 0.717) is 0 Å². The van der Waals surface area contributed by atoms with Gasteiger partial charge in [0, 0.05) is 32.5 Å². The van der Waals surface area contributed by atoms with Crippen LogP contribution in [0.3, 0.4) is 0 Å². The third-order valence-corrected chi connectivity index (χ3v) is 10.8. The van der Waals surface area contributed by atoms with Gasteiger partial charge in [-0.1, -0.05) is 121 Å². The molecule has 234 valence electrons. The van der Waals surface area contributed by atoms with Gasteiger partial charge in [-0.25, -0.2) is 0 Å². The van der Waals surface area contributed by atoms with Crippen LogP contribution >= 0.6 is 11.3 Å². The van der Waals surface area contributed by atoms with E-state index >= 15 is 0 Å². The second-order valence-corrected chi connectivity index (χ2v) is 13.8. The molecule has 0 amide bonds. The molecule has 0 saturated heterocycles. The van der Waals surface area contributed by atoms with Gasteiger partial charge in [-0.15, -0.1) is 11.3 Å². The second kappa shape index (κ2) is 12.0. The lowest BCUT2D eigenvalue weighted by Crippen LogP contribution is -2.13. The average Bonchev–Trinajstić information content (AvgIpc) is 3.69. The predicted octanol–water partition coefficient (Wildman–Crippen LogP) is 13.4. The molecule has 0 unspecified atom stereocenters. The average molecular weight is 647 g/mol. The maximum absolute atomic E-state index is 2.44. The molecule has 49 heavy (non-hydrogen) atoms. The zero-order valence-electron chi connectivity index (χ0n) is 27.5. The van der Waals surface area contributed by atoms with Crippen molar-refractivity contribution in [2.75, 3.05) is 4.90 Å². The number of hydrogen-bond donors (Lipinski definition) is 0. The van der Waals surface area contributed by atoms with Gasteiger partial charge < -0.3 is 9.47 Å². The normalized spacial score (nSPS) is 11.5. The van der Waals surface area contributed by atoms with Crippen molar-refractivity contribution in [3.8, 4) is 27.9 Å². The maximum Gasteiger partial charge on any atom is 0.0727 e. The molecule has 0 saturated carbocycles. The number of aryl methyl sites for hydroxylation is 2. The fourth-order valence-corrected chi connectivity index (χ4v) is 8.53. The molecule has 0 atom stereocenters. The monoisotopic (exact) mass is 646 g/mol. The molecule has 0 aliphatic carbocycles. The van der Waals surface area contributed by atoms with Crippen LogP contribution in [0, 0.1) is 13.8 Å². The number of benzene rings is 7. The van der Waals surface area contributed by atoms with Crippen LogP contribution in [0.1, 0.15) is 11.1 Å². The van der Waals surface area contributed by atoms with Crippen molar-refractivity contribution in [3.63, 3.8) is 0 Å². The van der Waals surface area contributed by atoms with E-state index in [2.05, 4.69) is 193 Å². The Balaban J connectivity index is 1.13. The first-order valence-electron chi connectivity index (χ1n) is 16.8. The van der Waals surface area contributed by atoms with Crippen molar-refractivity contribution >= 4 is 59.6 Å². The van der Waals surface area contributed by atoms with Crippen molar-refractivity contribution in [3.05, 3.63) is 181 Å². The van der Waals surface area contributed by atoms with Crippen LogP contribution in [-0.2, 0) is 0 Å². The first-order valence-corrected chi connectivity index (χ1v) is 17.6. The first-order chi connectivity index (χ1) is 24.1. The lowest BCUT2D eigenvalue weighted by molar-refractivity contribution is 1.19. The lowest BCUT2D eigenvalue weighted by Gasteiger charge is -2.29. The van der Waals surface area contributed by atoms with Crippen LogP contribution in [0.2, 0.25) is 0 Å². The van der Waals surface area contributed by atoms with E-state index in [1.807, 2.05) is 11.3 Å². The van der Waals surface area contributed by atoms with Crippen LogP contribution < -0.4 is 4.90 Å². The minimum Gasteiger partial charge on any atom is -0.310 e. The number of nitrogens with zero attached hydrogens (tertiary/aromatic N) is 2. The number of fused-ring (bicyclic) bond motifs is 5. The molecule has 0 fully saturated rings. The fraction of sp³-hybridized carbons (Fsp3) is 0.0435. The van der Waals surface area contributed by atoms with E-state index < -0.39 is 0 Å². The molecule has 7 aromatic carbocycles. The van der Waals surface area contributed by atoms with Crippen LogP contribution in [0.25, 0.3) is 59.1 Å². The van der Waals surface area contributed by atoms with E-state index in [-0.39, 0.29) is 0 Å². The molecule has 9 aromatic rings. The van der Waals surface area contributed by atoms with Gasteiger partial charge >= 0.3 is 0 Å². The van der Waals surface area contributed by atoms with Gasteiger partial charge in [0.15, 0.2) is 0 Å². The van der Waals surface area contributed by atoms with E-state index in [0.717, 1.165) is 11.4 Å². The first kappa shape index (κ1) is 29.3. The smallest absolute Gasteiger partial charge is 0.0727 e. The highest BCUT2D eigenvalue weighted by Gasteiger charge is 2.19. The van der Waals surface area contributed by atoms with Crippen molar-refractivity contribution < 1.29 is 0 Å². The van der Waals surface area contributed by atoms with E-state index in [4.69, 9.17) is 0 Å². The molecular weight excluding hydrogens is 613 g/mol. The third kappa shape index (κ3) is 5.02. The second-order valence-electron chi connectivity index (χ2n) is 12.7. The van der Waals surface area contributed by atoms with Crippen molar-refractivity contribution in [1.29, 1.82) is 0 Å². The molecule has 9 rings (SSSR count).